The number of nitrogens with zero attached hydrogens (tertiary/aromatic N) is 4. The number of carbonyl (C=O) groups is 2. The molecule has 0 unspecified atom stereocenters. The molecule has 9 nitrogen and oxygen atoms in total. The van der Waals surface area contributed by atoms with Gasteiger partial charge in [-0.15, -0.1) is 10.2 Å². The standard InChI is InChI=1S/C23H33N5O4S2/c1-16(2)17-6-8-18(9-7-17)34(31,32)28-14-12-27(13-15-28)20(30)11-10-19(29)24-22-26-25-21(33-22)23(3,4)5/h6-9,16H,10-15H2,1-5H3,(H,24,26,29). The van der Waals surface area contributed by atoms with E-state index in [1.807, 2.05) is 32.9 Å². The van der Waals surface area contributed by atoms with Crippen LogP contribution >= 0.6 is 11.3 Å². The summed E-state index contributed by atoms with van der Waals surface area (Å²) < 4.78 is 27.3. The van der Waals surface area contributed by atoms with Crippen LogP contribution in [0.2, 0.25) is 0 Å². The molecule has 1 N–H and O–H groups in total. The molecule has 2 aromatic rings. The molecule has 0 spiro atoms. The van der Waals surface area contributed by atoms with Crippen LogP contribution in [0.3, 0.4) is 0 Å². The first-order valence-electron chi connectivity index (χ1n) is 11.4. The molecule has 11 heteroatoms. The predicted octanol–water partition coefficient (Wildman–Crippen LogP) is 3.21. The highest BCUT2D eigenvalue weighted by Gasteiger charge is 2.30. The zero-order valence-electron chi connectivity index (χ0n) is 20.4. The maximum atomic E-state index is 13.0. The Kier molecular flexibility index (Phi) is 8.10. The van der Waals surface area contributed by atoms with Gasteiger partial charge in [0, 0.05) is 44.4 Å². The van der Waals surface area contributed by atoms with E-state index < -0.39 is 10.0 Å². The summed E-state index contributed by atoms with van der Waals surface area (Å²) in [5.41, 5.74) is 0.934. The van der Waals surface area contributed by atoms with Crippen LogP contribution in [0.15, 0.2) is 29.2 Å². The lowest BCUT2D eigenvalue weighted by Gasteiger charge is -2.34. The Labute approximate surface area is 205 Å². The zero-order chi connectivity index (χ0) is 25.1. The third kappa shape index (κ3) is 6.39. The van der Waals surface area contributed by atoms with Gasteiger partial charge >= 0.3 is 0 Å². The fourth-order valence-corrected chi connectivity index (χ4v) is 5.73. The maximum absolute atomic E-state index is 13.0. The summed E-state index contributed by atoms with van der Waals surface area (Å²) in [6, 6.07) is 6.97. The third-order valence-electron chi connectivity index (χ3n) is 5.65. The molecule has 1 aromatic heterocycles. The van der Waals surface area contributed by atoms with Gasteiger partial charge in [0.2, 0.25) is 27.0 Å². The second-order valence-electron chi connectivity index (χ2n) is 9.72. The first-order valence-corrected chi connectivity index (χ1v) is 13.7. The van der Waals surface area contributed by atoms with Gasteiger partial charge in [0.05, 0.1) is 4.90 Å². The highest BCUT2D eigenvalue weighted by Crippen LogP contribution is 2.28. The Morgan fingerprint density at radius 1 is 1.03 bits per heavy atom. The van der Waals surface area contributed by atoms with E-state index in [4.69, 9.17) is 0 Å². The lowest BCUT2D eigenvalue weighted by atomic mass is 9.98. The number of amides is 2. The van der Waals surface area contributed by atoms with Crippen molar-refractivity contribution in [3.05, 3.63) is 34.8 Å². The molecule has 0 atom stereocenters. The molecule has 34 heavy (non-hydrogen) atoms. The summed E-state index contributed by atoms with van der Waals surface area (Å²) in [5.74, 6) is -0.135. The van der Waals surface area contributed by atoms with Crippen molar-refractivity contribution in [2.45, 2.75) is 63.7 Å². The SMILES string of the molecule is CC(C)c1ccc(S(=O)(=O)N2CCN(C(=O)CCC(=O)Nc3nnc(C(C)(C)C)s3)CC2)cc1. The minimum absolute atomic E-state index is 0.0317. The Morgan fingerprint density at radius 3 is 2.18 bits per heavy atom. The van der Waals surface area contributed by atoms with Crippen molar-refractivity contribution in [3.8, 4) is 0 Å². The molecule has 2 heterocycles. The molecule has 0 saturated carbocycles. The van der Waals surface area contributed by atoms with Crippen LogP contribution in [0.4, 0.5) is 5.13 Å². The number of sulfonamides is 1. The molecule has 1 aliphatic heterocycles. The van der Waals surface area contributed by atoms with Crippen LogP contribution < -0.4 is 5.32 Å². The van der Waals surface area contributed by atoms with Gasteiger partial charge in [-0.05, 0) is 23.6 Å². The molecule has 1 fully saturated rings. The van der Waals surface area contributed by atoms with Crippen molar-refractivity contribution in [2.24, 2.45) is 0 Å². The van der Waals surface area contributed by atoms with Crippen LogP contribution in [-0.4, -0.2) is 65.8 Å². The highest BCUT2D eigenvalue weighted by molar-refractivity contribution is 7.89. The number of benzene rings is 1. The Bertz CT molecular complexity index is 1110. The predicted molar refractivity (Wildman–Crippen MR) is 132 cm³/mol. The molecule has 1 aromatic carbocycles. The second kappa shape index (κ2) is 10.5. The van der Waals surface area contributed by atoms with Crippen LogP contribution in [0.1, 0.15) is 63.9 Å². The topological polar surface area (TPSA) is 113 Å². The van der Waals surface area contributed by atoms with Crippen LogP contribution in [0, 0.1) is 0 Å². The molecular weight excluding hydrogens is 474 g/mol. The number of rotatable bonds is 7. The summed E-state index contributed by atoms with van der Waals surface area (Å²) in [5, 5.41) is 12.0. The van der Waals surface area contributed by atoms with Gasteiger partial charge in [-0.2, -0.15) is 4.31 Å². The summed E-state index contributed by atoms with van der Waals surface area (Å²) in [7, 11) is -3.60. The van der Waals surface area contributed by atoms with Crippen molar-refractivity contribution in [3.63, 3.8) is 0 Å². The van der Waals surface area contributed by atoms with Crippen molar-refractivity contribution in [2.75, 3.05) is 31.5 Å². The number of carbonyl (C=O) groups excluding carboxylic acids is 2. The van der Waals surface area contributed by atoms with Crippen molar-refractivity contribution in [1.82, 2.24) is 19.4 Å². The minimum atomic E-state index is -3.60. The Hall–Kier alpha value is -2.37. The first kappa shape index (κ1) is 26.2. The summed E-state index contributed by atoms with van der Waals surface area (Å²) >= 11 is 1.32. The average Bonchev–Trinajstić information content (AvgIpc) is 3.26. The summed E-state index contributed by atoms with van der Waals surface area (Å²) in [6.45, 7) is 11.2. The van der Waals surface area contributed by atoms with Crippen molar-refractivity contribution < 1.29 is 18.0 Å². The molecule has 1 aliphatic rings. The van der Waals surface area contributed by atoms with Gasteiger partial charge in [-0.1, -0.05) is 58.1 Å². The van der Waals surface area contributed by atoms with Gasteiger partial charge in [-0.3, -0.25) is 9.59 Å². The second-order valence-corrected chi connectivity index (χ2v) is 12.6. The van der Waals surface area contributed by atoms with Crippen LogP contribution in [0.25, 0.3) is 0 Å². The monoisotopic (exact) mass is 507 g/mol. The van der Waals surface area contributed by atoms with Crippen LogP contribution in [-0.2, 0) is 25.0 Å². The molecular formula is C23H33N5O4S2. The van der Waals surface area contributed by atoms with Crippen molar-refractivity contribution >= 4 is 38.3 Å². The van der Waals surface area contributed by atoms with E-state index in [0.717, 1.165) is 10.6 Å². The third-order valence-corrected chi connectivity index (χ3v) is 8.83. The minimum Gasteiger partial charge on any atom is -0.340 e. The van der Waals surface area contributed by atoms with Gasteiger partial charge < -0.3 is 10.2 Å². The van der Waals surface area contributed by atoms with Crippen LogP contribution in [0.5, 0.6) is 0 Å². The van der Waals surface area contributed by atoms with E-state index in [2.05, 4.69) is 29.4 Å². The lowest BCUT2D eigenvalue weighted by molar-refractivity contribution is -0.133. The van der Waals surface area contributed by atoms with Crippen molar-refractivity contribution in [1.29, 1.82) is 0 Å². The molecule has 0 radical (unpaired) electrons. The molecule has 0 aliphatic carbocycles. The molecule has 0 bridgehead atoms. The van der Waals surface area contributed by atoms with E-state index in [0.29, 0.717) is 24.1 Å². The van der Waals surface area contributed by atoms with Gasteiger partial charge in [0.15, 0.2) is 0 Å². The van der Waals surface area contributed by atoms with Gasteiger partial charge in [0.1, 0.15) is 5.01 Å². The maximum Gasteiger partial charge on any atom is 0.243 e. The zero-order valence-corrected chi connectivity index (χ0v) is 22.0. The molecule has 186 valence electrons. The normalized spacial score (nSPS) is 15.5. The Morgan fingerprint density at radius 2 is 1.65 bits per heavy atom. The van der Waals surface area contributed by atoms with Gasteiger partial charge in [-0.25, -0.2) is 8.42 Å². The largest absolute Gasteiger partial charge is 0.340 e. The first-order chi connectivity index (χ1) is 15.9. The lowest BCUT2D eigenvalue weighted by Crippen LogP contribution is -2.50. The highest BCUT2D eigenvalue weighted by atomic mass is 32.2. The fourth-order valence-electron chi connectivity index (χ4n) is 3.49. The number of hydrogen-bond acceptors (Lipinski definition) is 7. The summed E-state index contributed by atoms with van der Waals surface area (Å²) in [4.78, 5) is 26.7. The van der Waals surface area contributed by atoms with E-state index >= 15 is 0 Å². The average molecular weight is 508 g/mol. The van der Waals surface area contributed by atoms with E-state index in [1.165, 1.54) is 15.6 Å². The number of piperazine rings is 1. The molecule has 1 saturated heterocycles. The van der Waals surface area contributed by atoms with E-state index in [-0.39, 0.29) is 48.1 Å². The molecule has 2 amide bonds. The number of hydrogen-bond donors (Lipinski definition) is 1. The Balaban J connectivity index is 1.47. The van der Waals surface area contributed by atoms with E-state index in [1.54, 1.807) is 17.0 Å². The molecule has 3 rings (SSSR count). The summed E-state index contributed by atoms with van der Waals surface area (Å²) in [6.07, 6.45) is 0.0875. The number of nitrogens with one attached hydrogen (secondary N) is 1. The smallest absolute Gasteiger partial charge is 0.243 e. The quantitative estimate of drug-likeness (QED) is 0.616. The van der Waals surface area contributed by atoms with E-state index in [9.17, 15) is 18.0 Å². The number of anilines is 1. The number of aromatic nitrogens is 2. The van der Waals surface area contributed by atoms with Gasteiger partial charge in [0.25, 0.3) is 0 Å². The fraction of sp³-hybridized carbons (Fsp3) is 0.565.